The largest absolute Gasteiger partial charge is 0.328 e. The lowest BCUT2D eigenvalue weighted by Crippen LogP contribution is -2.48. The van der Waals surface area contributed by atoms with E-state index in [9.17, 15) is 18.4 Å². The number of hydrogen-bond acceptors (Lipinski definition) is 4. The normalized spacial score (nSPS) is 25.1. The second kappa shape index (κ2) is 6.27. The third kappa shape index (κ3) is 2.95. The van der Waals surface area contributed by atoms with Crippen LogP contribution in [0.5, 0.6) is 0 Å². The molecule has 0 saturated heterocycles. The van der Waals surface area contributed by atoms with Gasteiger partial charge in [-0.15, -0.1) is 0 Å². The van der Waals surface area contributed by atoms with Crippen LogP contribution in [0.4, 0.5) is 19.1 Å². The first kappa shape index (κ1) is 18.1. The van der Waals surface area contributed by atoms with Gasteiger partial charge >= 0.3 is 0 Å². The molecule has 0 unspecified atom stereocenters. The van der Waals surface area contributed by atoms with Crippen LogP contribution in [0.15, 0.2) is 24.5 Å². The van der Waals surface area contributed by atoms with Gasteiger partial charge in [-0.2, -0.15) is 0 Å². The number of fused-ring (bicyclic) bond motifs is 2. The van der Waals surface area contributed by atoms with Crippen molar-refractivity contribution in [1.29, 1.82) is 0 Å². The molecule has 1 N–H and O–H groups in total. The maximum absolute atomic E-state index is 15.2. The molecule has 0 bridgehead atoms. The van der Waals surface area contributed by atoms with Crippen LogP contribution in [0.25, 0.3) is 0 Å². The van der Waals surface area contributed by atoms with Crippen molar-refractivity contribution in [3.63, 3.8) is 0 Å². The molecule has 1 spiro atoms. The quantitative estimate of drug-likeness (QED) is 0.853. The molecule has 1 aromatic carbocycles. The molecule has 150 valence electrons. The maximum Gasteiger partial charge on any atom is 0.254 e. The zero-order valence-electron chi connectivity index (χ0n) is 15.3. The van der Waals surface area contributed by atoms with Gasteiger partial charge in [0.15, 0.2) is 5.82 Å². The third-order valence-electron chi connectivity index (χ3n) is 5.87. The SMILES string of the molecule is O=C(CN1C[C@]2(C[C@H]2F)c2c(ccc(C3CC3)c2F)C1=O)Nc1ncc(F)cn1. The summed E-state index contributed by atoms with van der Waals surface area (Å²) in [6.45, 7) is -0.428. The Labute approximate surface area is 164 Å². The predicted molar refractivity (Wildman–Crippen MR) is 96.1 cm³/mol. The number of hydrogen-bond donors (Lipinski definition) is 1. The Kier molecular flexibility index (Phi) is 3.91. The highest BCUT2D eigenvalue weighted by Gasteiger charge is 2.62. The van der Waals surface area contributed by atoms with Gasteiger partial charge in [-0.25, -0.2) is 23.1 Å². The summed E-state index contributed by atoms with van der Waals surface area (Å²) in [7, 11) is 0. The highest BCUT2D eigenvalue weighted by molar-refractivity contribution is 6.01. The van der Waals surface area contributed by atoms with Gasteiger partial charge in [0.05, 0.1) is 17.8 Å². The molecule has 29 heavy (non-hydrogen) atoms. The molecule has 2 saturated carbocycles. The molecule has 2 aliphatic carbocycles. The minimum Gasteiger partial charge on any atom is -0.328 e. The molecule has 3 aliphatic rings. The predicted octanol–water partition coefficient (Wildman–Crippen LogP) is 2.71. The highest BCUT2D eigenvalue weighted by atomic mass is 19.1. The molecule has 2 atom stereocenters. The van der Waals surface area contributed by atoms with Gasteiger partial charge in [0, 0.05) is 17.7 Å². The van der Waals surface area contributed by atoms with Gasteiger partial charge in [0.2, 0.25) is 11.9 Å². The number of carbonyl (C=O) groups excluding carboxylic acids is 2. The van der Waals surface area contributed by atoms with Crippen molar-refractivity contribution >= 4 is 17.8 Å². The fraction of sp³-hybridized carbons (Fsp3) is 0.400. The molecule has 9 heteroatoms. The average molecular weight is 402 g/mol. The fourth-order valence-corrected chi connectivity index (χ4v) is 4.15. The number of alkyl halides is 1. The molecule has 2 fully saturated rings. The summed E-state index contributed by atoms with van der Waals surface area (Å²) in [4.78, 5) is 33.7. The van der Waals surface area contributed by atoms with Crippen molar-refractivity contribution in [2.45, 2.75) is 36.8 Å². The number of nitrogens with one attached hydrogen (secondary N) is 1. The summed E-state index contributed by atoms with van der Waals surface area (Å²) >= 11 is 0. The van der Waals surface area contributed by atoms with E-state index in [0.717, 1.165) is 25.2 Å². The molecule has 1 aromatic heterocycles. The van der Waals surface area contributed by atoms with E-state index in [1.807, 2.05) is 0 Å². The van der Waals surface area contributed by atoms with Crippen LogP contribution in [-0.4, -0.2) is 45.9 Å². The molecule has 0 radical (unpaired) electrons. The summed E-state index contributed by atoms with van der Waals surface area (Å²) in [6, 6.07) is 3.15. The minimum absolute atomic E-state index is 0.0667. The number of benzene rings is 1. The van der Waals surface area contributed by atoms with Crippen molar-refractivity contribution in [2.75, 3.05) is 18.4 Å². The average Bonchev–Trinajstić information content (AvgIpc) is 3.60. The first-order valence-corrected chi connectivity index (χ1v) is 9.42. The summed E-state index contributed by atoms with van der Waals surface area (Å²) in [5.41, 5.74) is -0.262. The van der Waals surface area contributed by atoms with Crippen LogP contribution < -0.4 is 5.32 Å². The van der Waals surface area contributed by atoms with Gasteiger partial charge < -0.3 is 4.90 Å². The van der Waals surface area contributed by atoms with Crippen LogP contribution >= 0.6 is 0 Å². The van der Waals surface area contributed by atoms with Crippen molar-refractivity contribution < 1.29 is 22.8 Å². The molecule has 5 rings (SSSR count). The lowest BCUT2D eigenvalue weighted by molar-refractivity contribution is -0.117. The van der Waals surface area contributed by atoms with Crippen molar-refractivity contribution in [1.82, 2.24) is 14.9 Å². The van der Waals surface area contributed by atoms with Gasteiger partial charge in [0.1, 0.15) is 18.5 Å². The molecular weight excluding hydrogens is 385 g/mol. The summed E-state index contributed by atoms with van der Waals surface area (Å²) < 4.78 is 42.5. The Hall–Kier alpha value is -2.97. The first-order valence-electron chi connectivity index (χ1n) is 9.42. The lowest BCUT2D eigenvalue weighted by atomic mass is 9.83. The fourth-order valence-electron chi connectivity index (χ4n) is 4.15. The van der Waals surface area contributed by atoms with Crippen LogP contribution in [0.1, 0.15) is 46.7 Å². The van der Waals surface area contributed by atoms with Gasteiger partial charge in [-0.3, -0.25) is 14.9 Å². The second-order valence-corrected chi connectivity index (χ2v) is 7.93. The third-order valence-corrected chi connectivity index (χ3v) is 5.87. The number of carbonyl (C=O) groups is 2. The van der Waals surface area contributed by atoms with Crippen LogP contribution in [0.2, 0.25) is 0 Å². The van der Waals surface area contributed by atoms with Crippen LogP contribution in [0.3, 0.4) is 0 Å². The molecule has 2 heterocycles. The number of rotatable bonds is 4. The van der Waals surface area contributed by atoms with E-state index >= 15 is 4.39 Å². The minimum atomic E-state index is -1.26. The summed E-state index contributed by atoms with van der Waals surface area (Å²) in [6.07, 6.45) is 2.46. The van der Waals surface area contributed by atoms with E-state index < -0.39 is 35.0 Å². The lowest BCUT2D eigenvalue weighted by Gasteiger charge is -2.35. The topological polar surface area (TPSA) is 75.2 Å². The Morgan fingerprint density at radius 3 is 2.55 bits per heavy atom. The van der Waals surface area contributed by atoms with E-state index in [4.69, 9.17) is 0 Å². The number of nitrogens with zero attached hydrogens (tertiary/aromatic N) is 3. The number of anilines is 1. The van der Waals surface area contributed by atoms with Crippen molar-refractivity contribution in [3.8, 4) is 0 Å². The summed E-state index contributed by atoms with van der Waals surface area (Å²) in [5, 5.41) is 2.37. The molecular formula is C20H17F3N4O2. The zero-order valence-corrected chi connectivity index (χ0v) is 15.3. The monoisotopic (exact) mass is 402 g/mol. The smallest absolute Gasteiger partial charge is 0.254 e. The van der Waals surface area contributed by atoms with E-state index in [2.05, 4.69) is 15.3 Å². The standard InChI is InChI=1S/C20H17F3N4O2/c21-11-6-24-19(25-7-11)26-15(28)8-27-9-20(5-14(20)22)16-13(18(27)29)4-3-12(17(16)23)10-1-2-10/h3-4,6-7,10,14H,1-2,5,8-9H2,(H,24,25,26,28)/t14-,20+/m1/s1. The number of halogens is 3. The van der Waals surface area contributed by atoms with E-state index in [1.54, 1.807) is 12.1 Å². The first-order chi connectivity index (χ1) is 13.9. The molecule has 2 amide bonds. The van der Waals surface area contributed by atoms with E-state index in [0.29, 0.717) is 5.56 Å². The van der Waals surface area contributed by atoms with E-state index in [-0.39, 0.29) is 42.5 Å². The number of aromatic nitrogens is 2. The van der Waals surface area contributed by atoms with Gasteiger partial charge in [-0.05, 0) is 36.8 Å². The van der Waals surface area contributed by atoms with Crippen molar-refractivity contribution in [2.24, 2.45) is 0 Å². The highest BCUT2D eigenvalue weighted by Crippen LogP contribution is 2.56. The van der Waals surface area contributed by atoms with Crippen LogP contribution in [0, 0.1) is 11.6 Å². The second-order valence-electron chi connectivity index (χ2n) is 7.93. The van der Waals surface area contributed by atoms with Gasteiger partial charge in [0.25, 0.3) is 5.91 Å². The molecule has 2 aromatic rings. The Bertz CT molecular complexity index is 1030. The Morgan fingerprint density at radius 2 is 1.93 bits per heavy atom. The summed E-state index contributed by atoms with van der Waals surface area (Å²) in [5.74, 6) is -2.20. The van der Waals surface area contributed by atoms with E-state index in [1.165, 1.54) is 4.90 Å². The van der Waals surface area contributed by atoms with Crippen molar-refractivity contribution in [3.05, 3.63) is 52.9 Å². The Morgan fingerprint density at radius 1 is 1.24 bits per heavy atom. The van der Waals surface area contributed by atoms with Gasteiger partial charge in [-0.1, -0.05) is 6.07 Å². The zero-order chi connectivity index (χ0) is 20.3. The number of amides is 2. The maximum atomic E-state index is 15.2. The molecule has 6 nitrogen and oxygen atoms in total. The Balaban J connectivity index is 1.41. The van der Waals surface area contributed by atoms with Crippen LogP contribution in [-0.2, 0) is 10.2 Å². The molecule has 1 aliphatic heterocycles.